The predicted molar refractivity (Wildman–Crippen MR) is 77.4 cm³/mol. The van der Waals surface area contributed by atoms with E-state index >= 15 is 0 Å². The Balaban J connectivity index is 2.34. The van der Waals surface area contributed by atoms with Gasteiger partial charge in [-0.3, -0.25) is 4.79 Å². The molecular weight excluding hydrogens is 264 g/mol. The molecule has 1 atom stereocenters. The van der Waals surface area contributed by atoms with Gasteiger partial charge >= 0.3 is 6.09 Å². The van der Waals surface area contributed by atoms with Gasteiger partial charge in [0.05, 0.1) is 11.9 Å². The zero-order chi connectivity index (χ0) is 14.4. The van der Waals surface area contributed by atoms with Gasteiger partial charge in [0.2, 0.25) is 5.91 Å². The van der Waals surface area contributed by atoms with Crippen molar-refractivity contribution in [1.82, 2.24) is 10.2 Å². The zero-order valence-corrected chi connectivity index (χ0v) is 12.8. The molecule has 0 aromatic heterocycles. The summed E-state index contributed by atoms with van der Waals surface area (Å²) < 4.78 is 4.95. The largest absolute Gasteiger partial charge is 0.450 e. The fraction of sp³-hybridized carbons (Fsp3) is 0.846. The van der Waals surface area contributed by atoms with Gasteiger partial charge in [-0.25, -0.2) is 4.79 Å². The number of nitrogens with one attached hydrogen (secondary N) is 1. The van der Waals surface area contributed by atoms with E-state index in [4.69, 9.17) is 4.74 Å². The van der Waals surface area contributed by atoms with Gasteiger partial charge < -0.3 is 15.0 Å². The van der Waals surface area contributed by atoms with Gasteiger partial charge in [0.25, 0.3) is 0 Å². The Bertz CT molecular complexity index is 315. The molecule has 1 heterocycles. The van der Waals surface area contributed by atoms with Crippen molar-refractivity contribution < 1.29 is 14.3 Å². The van der Waals surface area contributed by atoms with Crippen LogP contribution in [0.15, 0.2) is 0 Å². The van der Waals surface area contributed by atoms with E-state index < -0.39 is 0 Å². The third-order valence-corrected chi connectivity index (χ3v) is 4.10. The molecule has 1 unspecified atom stereocenters. The summed E-state index contributed by atoms with van der Waals surface area (Å²) in [4.78, 5) is 25.1. The average molecular weight is 288 g/mol. The molecule has 0 radical (unpaired) electrons. The minimum atomic E-state index is -0.275. The van der Waals surface area contributed by atoms with E-state index in [1.54, 1.807) is 11.8 Å². The number of hydrogen-bond acceptors (Lipinski definition) is 4. The second kappa shape index (κ2) is 7.62. The molecule has 6 heteroatoms. The highest BCUT2D eigenvalue weighted by atomic mass is 32.1. The van der Waals surface area contributed by atoms with Crippen LogP contribution in [-0.4, -0.2) is 47.9 Å². The third-order valence-electron chi connectivity index (χ3n) is 3.27. The standard InChI is InChI=1S/C13H24N2O3S/c1-4-18-13(17)15-7-5-10(6-8-15)14-12(16)11(19)9(2)3/h9-11,19H,4-8H2,1-3H3,(H,14,16). The average Bonchev–Trinajstić information content (AvgIpc) is 2.38. The number of thiol groups is 1. The lowest BCUT2D eigenvalue weighted by molar-refractivity contribution is -0.122. The normalized spacial score (nSPS) is 18.3. The number of carbonyl (C=O) groups is 2. The maximum absolute atomic E-state index is 11.9. The minimum absolute atomic E-state index is 0.0204. The number of ether oxygens (including phenoxy) is 1. The van der Waals surface area contributed by atoms with Gasteiger partial charge in [-0.05, 0) is 25.7 Å². The molecule has 19 heavy (non-hydrogen) atoms. The maximum Gasteiger partial charge on any atom is 0.409 e. The van der Waals surface area contributed by atoms with Crippen molar-refractivity contribution in [3.05, 3.63) is 0 Å². The molecule has 0 bridgehead atoms. The Morgan fingerprint density at radius 2 is 1.95 bits per heavy atom. The summed E-state index contributed by atoms with van der Waals surface area (Å²) in [5.41, 5.74) is 0. The number of rotatable bonds is 4. The second-order valence-corrected chi connectivity index (χ2v) is 5.71. The Morgan fingerprint density at radius 3 is 2.42 bits per heavy atom. The fourth-order valence-electron chi connectivity index (χ4n) is 2.01. The molecule has 1 rings (SSSR count). The van der Waals surface area contributed by atoms with Gasteiger partial charge in [-0.15, -0.1) is 0 Å². The number of piperidine rings is 1. The first-order valence-corrected chi connectivity index (χ1v) is 7.37. The van der Waals surface area contributed by atoms with E-state index in [-0.39, 0.29) is 29.2 Å². The Labute approximate surface area is 120 Å². The van der Waals surface area contributed by atoms with Gasteiger partial charge in [0, 0.05) is 19.1 Å². The quantitative estimate of drug-likeness (QED) is 0.774. The molecule has 110 valence electrons. The summed E-state index contributed by atoms with van der Waals surface area (Å²) >= 11 is 4.30. The molecule has 2 amide bonds. The lowest BCUT2D eigenvalue weighted by Crippen LogP contribution is -2.48. The van der Waals surface area contributed by atoms with E-state index in [2.05, 4.69) is 17.9 Å². The van der Waals surface area contributed by atoms with Crippen molar-refractivity contribution in [3.8, 4) is 0 Å². The summed E-state index contributed by atoms with van der Waals surface area (Å²) in [6.45, 7) is 7.39. The second-order valence-electron chi connectivity index (χ2n) is 5.16. The van der Waals surface area contributed by atoms with Crippen LogP contribution >= 0.6 is 12.6 Å². The monoisotopic (exact) mass is 288 g/mol. The lowest BCUT2D eigenvalue weighted by Gasteiger charge is -2.32. The van der Waals surface area contributed by atoms with E-state index in [9.17, 15) is 9.59 Å². The summed E-state index contributed by atoms with van der Waals surface area (Å²) in [6, 6.07) is 0.131. The van der Waals surface area contributed by atoms with Crippen LogP contribution in [0.3, 0.4) is 0 Å². The molecule has 1 N–H and O–H groups in total. The number of nitrogens with zero attached hydrogens (tertiary/aromatic N) is 1. The topological polar surface area (TPSA) is 58.6 Å². The number of amides is 2. The van der Waals surface area contributed by atoms with Crippen LogP contribution in [0.5, 0.6) is 0 Å². The van der Waals surface area contributed by atoms with Gasteiger partial charge in [-0.1, -0.05) is 13.8 Å². The molecular formula is C13H24N2O3S. The molecule has 5 nitrogen and oxygen atoms in total. The van der Waals surface area contributed by atoms with E-state index in [1.807, 2.05) is 13.8 Å². The molecule has 0 spiro atoms. The van der Waals surface area contributed by atoms with Crippen molar-refractivity contribution in [2.45, 2.75) is 44.9 Å². The number of likely N-dealkylation sites (tertiary alicyclic amines) is 1. The molecule has 0 saturated carbocycles. The molecule has 0 aromatic rings. The summed E-state index contributed by atoms with van der Waals surface area (Å²) in [6.07, 6.45) is 1.27. The predicted octanol–water partition coefficient (Wildman–Crippen LogP) is 1.68. The van der Waals surface area contributed by atoms with E-state index in [1.165, 1.54) is 0 Å². The molecule has 1 aliphatic heterocycles. The molecule has 1 fully saturated rings. The highest BCUT2D eigenvalue weighted by Gasteiger charge is 2.26. The van der Waals surface area contributed by atoms with Crippen molar-refractivity contribution in [1.29, 1.82) is 0 Å². The van der Waals surface area contributed by atoms with Crippen LogP contribution in [0, 0.1) is 5.92 Å². The summed E-state index contributed by atoms with van der Waals surface area (Å²) in [5.74, 6) is 0.191. The Kier molecular flexibility index (Phi) is 6.48. The fourth-order valence-corrected chi connectivity index (χ4v) is 2.09. The van der Waals surface area contributed by atoms with Crippen LogP contribution in [-0.2, 0) is 9.53 Å². The van der Waals surface area contributed by atoms with E-state index in [0.717, 1.165) is 12.8 Å². The number of carbonyl (C=O) groups excluding carboxylic acids is 2. The highest BCUT2D eigenvalue weighted by molar-refractivity contribution is 7.81. The maximum atomic E-state index is 11.9. The van der Waals surface area contributed by atoms with Gasteiger partial charge in [0.1, 0.15) is 0 Å². The van der Waals surface area contributed by atoms with Gasteiger partial charge in [0.15, 0.2) is 0 Å². The molecule has 1 aliphatic rings. The zero-order valence-electron chi connectivity index (χ0n) is 11.9. The van der Waals surface area contributed by atoms with E-state index in [0.29, 0.717) is 19.7 Å². The SMILES string of the molecule is CCOC(=O)N1CCC(NC(=O)C(S)C(C)C)CC1. The molecule has 0 aromatic carbocycles. The van der Waals surface area contributed by atoms with Crippen molar-refractivity contribution in [2.75, 3.05) is 19.7 Å². The highest BCUT2D eigenvalue weighted by Crippen LogP contribution is 2.14. The molecule has 0 aliphatic carbocycles. The minimum Gasteiger partial charge on any atom is -0.450 e. The van der Waals surface area contributed by atoms with Crippen LogP contribution in [0.25, 0.3) is 0 Å². The molecule has 1 saturated heterocycles. The first-order valence-electron chi connectivity index (χ1n) is 6.85. The van der Waals surface area contributed by atoms with Crippen molar-refractivity contribution in [3.63, 3.8) is 0 Å². The summed E-state index contributed by atoms with van der Waals surface area (Å²) in [7, 11) is 0. The van der Waals surface area contributed by atoms with Crippen LogP contribution in [0.2, 0.25) is 0 Å². The van der Waals surface area contributed by atoms with Crippen molar-refractivity contribution in [2.24, 2.45) is 5.92 Å². The smallest absolute Gasteiger partial charge is 0.409 e. The lowest BCUT2D eigenvalue weighted by atomic mass is 10.0. The first-order chi connectivity index (χ1) is 8.95. The number of hydrogen-bond donors (Lipinski definition) is 2. The Morgan fingerprint density at radius 1 is 1.37 bits per heavy atom. The van der Waals surface area contributed by atoms with Crippen molar-refractivity contribution >= 4 is 24.6 Å². The van der Waals surface area contributed by atoms with Crippen LogP contribution < -0.4 is 5.32 Å². The Hall–Kier alpha value is -0.910. The van der Waals surface area contributed by atoms with Gasteiger partial charge in [-0.2, -0.15) is 12.6 Å². The van der Waals surface area contributed by atoms with Crippen LogP contribution in [0.4, 0.5) is 4.79 Å². The summed E-state index contributed by atoms with van der Waals surface area (Å²) in [5, 5.41) is 2.72. The first kappa shape index (κ1) is 16.1. The van der Waals surface area contributed by atoms with Crippen LogP contribution in [0.1, 0.15) is 33.6 Å². The third kappa shape index (κ3) is 4.93.